The van der Waals surface area contributed by atoms with E-state index in [9.17, 15) is 0 Å². The summed E-state index contributed by atoms with van der Waals surface area (Å²) in [5.74, 6) is 0. The van der Waals surface area contributed by atoms with E-state index < -0.39 is 0 Å². The molecular weight excluding hydrogens is 244 g/mol. The number of aryl methyl sites for hydroxylation is 1. The molecule has 0 aromatic heterocycles. The molecule has 0 heterocycles. The van der Waals surface area contributed by atoms with Gasteiger partial charge in [0.15, 0.2) is 0 Å². The first-order valence-corrected chi connectivity index (χ1v) is 5.43. The molecule has 2 nitrogen and oxygen atoms in total. The number of methoxy groups -OCH3 is 1. The van der Waals surface area contributed by atoms with E-state index in [0.717, 1.165) is 17.3 Å². The van der Waals surface area contributed by atoms with Crippen molar-refractivity contribution < 1.29 is 9.84 Å². The maximum absolute atomic E-state index is 8.92. The molecule has 0 aliphatic heterocycles. The molecular formula is C11H15BrO2. The summed E-state index contributed by atoms with van der Waals surface area (Å²) in [6.45, 7) is 0.0903. The van der Waals surface area contributed by atoms with E-state index in [1.807, 2.05) is 12.1 Å². The van der Waals surface area contributed by atoms with E-state index in [1.54, 1.807) is 7.11 Å². The number of benzene rings is 1. The van der Waals surface area contributed by atoms with E-state index in [2.05, 4.69) is 28.1 Å². The smallest absolute Gasteiger partial charge is 0.0805 e. The maximum Gasteiger partial charge on any atom is 0.0805 e. The minimum atomic E-state index is -0.0429. The van der Waals surface area contributed by atoms with Gasteiger partial charge in [0.2, 0.25) is 0 Å². The second-order valence-electron chi connectivity index (χ2n) is 3.21. The van der Waals surface area contributed by atoms with Gasteiger partial charge in [0.25, 0.3) is 0 Å². The van der Waals surface area contributed by atoms with Crippen LogP contribution in [0.1, 0.15) is 12.0 Å². The summed E-state index contributed by atoms with van der Waals surface area (Å²) in [6.07, 6.45) is 1.75. The van der Waals surface area contributed by atoms with E-state index in [0.29, 0.717) is 0 Å². The minimum absolute atomic E-state index is 0.0429. The second kappa shape index (κ2) is 6.17. The van der Waals surface area contributed by atoms with Crippen LogP contribution >= 0.6 is 15.9 Å². The molecule has 0 spiro atoms. The average molecular weight is 259 g/mol. The van der Waals surface area contributed by atoms with Crippen LogP contribution in [-0.2, 0) is 11.2 Å². The van der Waals surface area contributed by atoms with Crippen LogP contribution in [0.5, 0.6) is 0 Å². The molecule has 0 saturated heterocycles. The number of aliphatic hydroxyl groups excluding tert-OH is 1. The van der Waals surface area contributed by atoms with Crippen molar-refractivity contribution in [1.29, 1.82) is 0 Å². The number of aliphatic hydroxyl groups is 1. The number of hydrogen-bond acceptors (Lipinski definition) is 2. The van der Waals surface area contributed by atoms with Crippen LogP contribution < -0.4 is 0 Å². The van der Waals surface area contributed by atoms with Crippen molar-refractivity contribution in [2.75, 3.05) is 13.7 Å². The van der Waals surface area contributed by atoms with Gasteiger partial charge in [-0.3, -0.25) is 0 Å². The fourth-order valence-electron chi connectivity index (χ4n) is 1.26. The fourth-order valence-corrected chi connectivity index (χ4v) is 1.53. The minimum Gasteiger partial charge on any atom is -0.394 e. The highest BCUT2D eigenvalue weighted by atomic mass is 79.9. The van der Waals surface area contributed by atoms with Crippen LogP contribution in [0.25, 0.3) is 0 Å². The summed E-state index contributed by atoms with van der Waals surface area (Å²) in [4.78, 5) is 0. The molecule has 14 heavy (non-hydrogen) atoms. The van der Waals surface area contributed by atoms with Gasteiger partial charge in [-0.25, -0.2) is 0 Å². The number of ether oxygens (including phenoxy) is 1. The first-order valence-electron chi connectivity index (χ1n) is 4.64. The molecule has 1 aromatic carbocycles. The summed E-state index contributed by atoms with van der Waals surface area (Å²) < 4.78 is 6.18. The zero-order valence-corrected chi connectivity index (χ0v) is 9.83. The van der Waals surface area contributed by atoms with Gasteiger partial charge < -0.3 is 9.84 Å². The van der Waals surface area contributed by atoms with Gasteiger partial charge in [0.1, 0.15) is 0 Å². The Balaban J connectivity index is 2.41. The largest absolute Gasteiger partial charge is 0.394 e. The predicted octanol–water partition coefficient (Wildman–Crippen LogP) is 2.39. The van der Waals surface area contributed by atoms with Gasteiger partial charge in [0.05, 0.1) is 12.7 Å². The lowest BCUT2D eigenvalue weighted by molar-refractivity contribution is 0.0435. The lowest BCUT2D eigenvalue weighted by atomic mass is 10.1. The molecule has 3 heteroatoms. The van der Waals surface area contributed by atoms with Gasteiger partial charge in [-0.15, -0.1) is 0 Å². The van der Waals surface area contributed by atoms with Crippen LogP contribution in [0.3, 0.4) is 0 Å². The van der Waals surface area contributed by atoms with Crippen LogP contribution in [0.15, 0.2) is 28.7 Å². The van der Waals surface area contributed by atoms with E-state index in [1.165, 1.54) is 5.56 Å². The Hall–Kier alpha value is -0.380. The molecule has 78 valence electrons. The third-order valence-electron chi connectivity index (χ3n) is 2.21. The molecule has 0 amide bonds. The first kappa shape index (κ1) is 11.7. The van der Waals surface area contributed by atoms with E-state index >= 15 is 0 Å². The molecule has 0 aliphatic rings. The van der Waals surface area contributed by atoms with Crippen molar-refractivity contribution in [3.05, 3.63) is 34.3 Å². The normalized spacial score (nSPS) is 12.8. The molecule has 1 rings (SSSR count). The lowest BCUT2D eigenvalue weighted by Crippen LogP contribution is -2.16. The number of halogens is 1. The summed E-state index contributed by atoms with van der Waals surface area (Å²) >= 11 is 3.39. The maximum atomic E-state index is 8.92. The van der Waals surface area contributed by atoms with Gasteiger partial charge in [-0.2, -0.15) is 0 Å². The van der Waals surface area contributed by atoms with Crippen molar-refractivity contribution >= 4 is 15.9 Å². The molecule has 0 aliphatic carbocycles. The zero-order valence-electron chi connectivity index (χ0n) is 8.24. The molecule has 0 fully saturated rings. The molecule has 1 atom stereocenters. The highest BCUT2D eigenvalue weighted by molar-refractivity contribution is 9.10. The Kier molecular flexibility index (Phi) is 5.15. The topological polar surface area (TPSA) is 29.5 Å². The van der Waals surface area contributed by atoms with Crippen molar-refractivity contribution in [3.8, 4) is 0 Å². The van der Waals surface area contributed by atoms with Crippen LogP contribution in [0.2, 0.25) is 0 Å². The summed E-state index contributed by atoms with van der Waals surface area (Å²) in [5.41, 5.74) is 1.27. The Labute approximate surface area is 93.0 Å². The zero-order chi connectivity index (χ0) is 10.4. The van der Waals surface area contributed by atoms with Gasteiger partial charge in [-0.1, -0.05) is 28.1 Å². The summed E-state index contributed by atoms with van der Waals surface area (Å²) in [5, 5.41) is 8.92. The Morgan fingerprint density at radius 3 is 2.50 bits per heavy atom. The molecule has 1 unspecified atom stereocenters. The SMILES string of the molecule is COC(CO)CCc1ccc(Br)cc1. The fraction of sp³-hybridized carbons (Fsp3) is 0.455. The Morgan fingerprint density at radius 2 is 2.00 bits per heavy atom. The lowest BCUT2D eigenvalue weighted by Gasteiger charge is -2.11. The molecule has 0 bridgehead atoms. The third-order valence-corrected chi connectivity index (χ3v) is 2.73. The number of rotatable bonds is 5. The average Bonchev–Trinajstić information content (AvgIpc) is 2.22. The third kappa shape index (κ3) is 3.78. The van der Waals surface area contributed by atoms with Crippen LogP contribution in [0.4, 0.5) is 0 Å². The highest BCUT2D eigenvalue weighted by Gasteiger charge is 2.05. The Morgan fingerprint density at radius 1 is 1.36 bits per heavy atom. The molecule has 1 aromatic rings. The number of hydrogen-bond donors (Lipinski definition) is 1. The monoisotopic (exact) mass is 258 g/mol. The van der Waals surface area contributed by atoms with Crippen molar-refractivity contribution in [2.45, 2.75) is 18.9 Å². The molecule has 0 radical (unpaired) electrons. The van der Waals surface area contributed by atoms with Gasteiger partial charge in [-0.05, 0) is 30.5 Å². The first-order chi connectivity index (χ1) is 6.76. The van der Waals surface area contributed by atoms with Crippen molar-refractivity contribution in [1.82, 2.24) is 0 Å². The van der Waals surface area contributed by atoms with Crippen LogP contribution in [-0.4, -0.2) is 24.9 Å². The summed E-state index contributed by atoms with van der Waals surface area (Å²) in [6, 6.07) is 8.20. The van der Waals surface area contributed by atoms with E-state index in [-0.39, 0.29) is 12.7 Å². The summed E-state index contributed by atoms with van der Waals surface area (Å²) in [7, 11) is 1.63. The quantitative estimate of drug-likeness (QED) is 0.879. The van der Waals surface area contributed by atoms with Crippen molar-refractivity contribution in [3.63, 3.8) is 0 Å². The van der Waals surface area contributed by atoms with Gasteiger partial charge in [0, 0.05) is 11.6 Å². The highest BCUT2D eigenvalue weighted by Crippen LogP contribution is 2.12. The molecule has 0 saturated carbocycles. The second-order valence-corrected chi connectivity index (χ2v) is 4.12. The van der Waals surface area contributed by atoms with Crippen LogP contribution in [0, 0.1) is 0 Å². The van der Waals surface area contributed by atoms with Crippen molar-refractivity contribution in [2.24, 2.45) is 0 Å². The van der Waals surface area contributed by atoms with E-state index in [4.69, 9.17) is 9.84 Å². The molecule has 1 N–H and O–H groups in total. The standard InChI is InChI=1S/C11H15BrO2/c1-14-11(8-13)7-4-9-2-5-10(12)6-3-9/h2-3,5-6,11,13H,4,7-8H2,1H3. The Bertz CT molecular complexity index is 254. The predicted molar refractivity (Wildman–Crippen MR) is 60.3 cm³/mol. The van der Waals surface area contributed by atoms with Gasteiger partial charge >= 0.3 is 0 Å².